The lowest BCUT2D eigenvalue weighted by atomic mass is 10.1. The predicted octanol–water partition coefficient (Wildman–Crippen LogP) is 2.13. The average molecular weight is 313 g/mol. The Bertz CT molecular complexity index is 536. The highest BCUT2D eigenvalue weighted by atomic mass is 35.5. The number of piperazine rings is 1. The third-order valence-corrected chi connectivity index (χ3v) is 4.05. The summed E-state index contributed by atoms with van der Waals surface area (Å²) in [6.45, 7) is 4.50. The third-order valence-electron chi connectivity index (χ3n) is 3.77. The molecule has 0 bridgehead atoms. The summed E-state index contributed by atoms with van der Waals surface area (Å²) < 4.78 is 10.4. The fourth-order valence-corrected chi connectivity index (χ4v) is 2.94. The van der Waals surface area contributed by atoms with Crippen molar-refractivity contribution in [3.05, 3.63) is 22.7 Å². The van der Waals surface area contributed by atoms with Crippen LogP contribution in [0.25, 0.3) is 0 Å². The largest absolute Gasteiger partial charge is 0.493 e. The number of halogens is 1. The number of hydrogen-bond acceptors (Lipinski definition) is 4. The molecule has 6 heteroatoms. The summed E-state index contributed by atoms with van der Waals surface area (Å²) in [5, 5.41) is 0.377. The van der Waals surface area contributed by atoms with E-state index in [0.717, 1.165) is 13.1 Å². The van der Waals surface area contributed by atoms with E-state index in [2.05, 4.69) is 18.9 Å². The van der Waals surface area contributed by atoms with Gasteiger partial charge in [0.05, 0.1) is 19.2 Å². The molecule has 5 nitrogen and oxygen atoms in total. The standard InChI is InChI=1S/C15H21ClN2O3/c1-10-9-17(2)5-6-18(10)15(19)11-7-12(16)14(21-4)13(8-11)20-3/h7-8,10H,5-6,9H2,1-4H3. The van der Waals surface area contributed by atoms with Gasteiger partial charge < -0.3 is 19.3 Å². The predicted molar refractivity (Wildman–Crippen MR) is 82.6 cm³/mol. The lowest BCUT2D eigenvalue weighted by Gasteiger charge is -2.38. The van der Waals surface area contributed by atoms with E-state index in [4.69, 9.17) is 21.1 Å². The van der Waals surface area contributed by atoms with Gasteiger partial charge in [0.2, 0.25) is 0 Å². The zero-order valence-corrected chi connectivity index (χ0v) is 13.6. The topological polar surface area (TPSA) is 42.0 Å². The minimum atomic E-state index is -0.0292. The van der Waals surface area contributed by atoms with Crippen LogP contribution in [0.15, 0.2) is 12.1 Å². The van der Waals surface area contributed by atoms with Gasteiger partial charge in [-0.3, -0.25) is 4.79 Å². The Balaban J connectivity index is 2.29. The van der Waals surface area contributed by atoms with E-state index in [9.17, 15) is 4.79 Å². The summed E-state index contributed by atoms with van der Waals surface area (Å²) in [5.41, 5.74) is 0.522. The molecule has 1 atom stereocenters. The number of methoxy groups -OCH3 is 2. The molecule has 1 heterocycles. The monoisotopic (exact) mass is 312 g/mol. The van der Waals surface area contributed by atoms with Crippen LogP contribution >= 0.6 is 11.6 Å². The van der Waals surface area contributed by atoms with E-state index in [1.807, 2.05) is 4.90 Å². The van der Waals surface area contributed by atoms with E-state index >= 15 is 0 Å². The second-order valence-corrected chi connectivity index (χ2v) is 5.71. The Morgan fingerprint density at radius 1 is 1.29 bits per heavy atom. The fourth-order valence-electron chi connectivity index (χ4n) is 2.65. The third kappa shape index (κ3) is 3.24. The maximum Gasteiger partial charge on any atom is 0.254 e. The zero-order valence-electron chi connectivity index (χ0n) is 12.9. The number of rotatable bonds is 3. The van der Waals surface area contributed by atoms with Crippen molar-refractivity contribution in [2.75, 3.05) is 40.9 Å². The molecule has 0 aliphatic carbocycles. The maximum absolute atomic E-state index is 12.7. The molecule has 2 rings (SSSR count). The number of benzene rings is 1. The van der Waals surface area contributed by atoms with Crippen LogP contribution in [0.3, 0.4) is 0 Å². The number of likely N-dealkylation sites (N-methyl/N-ethyl adjacent to an activating group) is 1. The van der Waals surface area contributed by atoms with Crippen molar-refractivity contribution in [2.45, 2.75) is 13.0 Å². The first kappa shape index (κ1) is 15.9. The van der Waals surface area contributed by atoms with Gasteiger partial charge in [0.25, 0.3) is 5.91 Å². The first-order valence-corrected chi connectivity index (χ1v) is 7.26. The molecule has 1 amide bonds. The van der Waals surface area contributed by atoms with Gasteiger partial charge in [-0.15, -0.1) is 0 Å². The summed E-state index contributed by atoms with van der Waals surface area (Å²) in [6, 6.07) is 3.48. The number of carbonyl (C=O) groups excluding carboxylic acids is 1. The van der Waals surface area contributed by atoms with Crippen molar-refractivity contribution in [1.82, 2.24) is 9.80 Å². The minimum absolute atomic E-state index is 0.0292. The Kier molecular flexibility index (Phi) is 4.96. The van der Waals surface area contributed by atoms with Crippen LogP contribution in [0.1, 0.15) is 17.3 Å². The summed E-state index contributed by atoms with van der Waals surface area (Å²) in [5.74, 6) is 0.885. The van der Waals surface area contributed by atoms with Crippen LogP contribution in [0.4, 0.5) is 0 Å². The first-order valence-electron chi connectivity index (χ1n) is 6.89. The molecule has 21 heavy (non-hydrogen) atoms. The smallest absolute Gasteiger partial charge is 0.254 e. The molecule has 1 fully saturated rings. The Hall–Kier alpha value is -1.46. The highest BCUT2D eigenvalue weighted by Gasteiger charge is 2.27. The highest BCUT2D eigenvalue weighted by molar-refractivity contribution is 6.32. The van der Waals surface area contributed by atoms with Gasteiger partial charge in [0, 0.05) is 31.2 Å². The molecule has 1 saturated heterocycles. The molecule has 0 radical (unpaired) electrons. The van der Waals surface area contributed by atoms with E-state index in [0.29, 0.717) is 28.6 Å². The van der Waals surface area contributed by atoms with E-state index in [1.165, 1.54) is 14.2 Å². The van der Waals surface area contributed by atoms with Crippen molar-refractivity contribution in [2.24, 2.45) is 0 Å². The molecule has 116 valence electrons. The van der Waals surface area contributed by atoms with Gasteiger partial charge in [0.1, 0.15) is 0 Å². The number of hydrogen-bond donors (Lipinski definition) is 0. The number of amides is 1. The summed E-state index contributed by atoms with van der Waals surface area (Å²) in [7, 11) is 5.11. The average Bonchev–Trinajstić information content (AvgIpc) is 2.45. The molecule has 0 N–H and O–H groups in total. The molecule has 1 unspecified atom stereocenters. The molecular formula is C15H21ClN2O3. The molecule has 0 spiro atoms. The Morgan fingerprint density at radius 3 is 2.57 bits per heavy atom. The fraction of sp³-hybridized carbons (Fsp3) is 0.533. The van der Waals surface area contributed by atoms with Crippen LogP contribution in [0, 0.1) is 0 Å². The van der Waals surface area contributed by atoms with Crippen LogP contribution in [-0.4, -0.2) is 62.7 Å². The van der Waals surface area contributed by atoms with Crippen LogP contribution in [0.5, 0.6) is 11.5 Å². The molecular weight excluding hydrogens is 292 g/mol. The van der Waals surface area contributed by atoms with E-state index in [1.54, 1.807) is 12.1 Å². The molecule has 1 aromatic carbocycles. The van der Waals surface area contributed by atoms with Crippen LogP contribution in [-0.2, 0) is 0 Å². The highest BCUT2D eigenvalue weighted by Crippen LogP contribution is 2.36. The van der Waals surface area contributed by atoms with Crippen molar-refractivity contribution in [3.8, 4) is 11.5 Å². The molecule has 0 saturated carbocycles. The lowest BCUT2D eigenvalue weighted by molar-refractivity contribution is 0.0533. The van der Waals surface area contributed by atoms with Crippen molar-refractivity contribution >= 4 is 17.5 Å². The van der Waals surface area contributed by atoms with E-state index < -0.39 is 0 Å². The quantitative estimate of drug-likeness (QED) is 0.857. The Morgan fingerprint density at radius 2 is 2.00 bits per heavy atom. The normalized spacial score (nSPS) is 19.5. The van der Waals surface area contributed by atoms with Crippen LogP contribution < -0.4 is 9.47 Å². The molecule has 0 aromatic heterocycles. The summed E-state index contributed by atoms with van der Waals surface area (Å²) in [4.78, 5) is 16.8. The minimum Gasteiger partial charge on any atom is -0.493 e. The first-order chi connectivity index (χ1) is 9.97. The SMILES string of the molecule is COc1cc(C(=O)N2CCN(C)CC2C)cc(Cl)c1OC. The van der Waals surface area contributed by atoms with Gasteiger partial charge in [-0.2, -0.15) is 0 Å². The zero-order chi connectivity index (χ0) is 15.6. The maximum atomic E-state index is 12.7. The lowest BCUT2D eigenvalue weighted by Crippen LogP contribution is -2.52. The number of nitrogens with zero attached hydrogens (tertiary/aromatic N) is 2. The van der Waals surface area contributed by atoms with Gasteiger partial charge in [-0.25, -0.2) is 0 Å². The van der Waals surface area contributed by atoms with Gasteiger partial charge >= 0.3 is 0 Å². The van der Waals surface area contributed by atoms with E-state index in [-0.39, 0.29) is 11.9 Å². The summed E-state index contributed by atoms with van der Waals surface area (Å²) in [6.07, 6.45) is 0. The van der Waals surface area contributed by atoms with Gasteiger partial charge in [-0.1, -0.05) is 11.6 Å². The molecule has 1 aliphatic rings. The van der Waals surface area contributed by atoms with Crippen LogP contribution in [0.2, 0.25) is 5.02 Å². The second-order valence-electron chi connectivity index (χ2n) is 5.30. The molecule has 1 aromatic rings. The number of carbonyl (C=O) groups is 1. The van der Waals surface area contributed by atoms with Gasteiger partial charge in [-0.05, 0) is 26.1 Å². The van der Waals surface area contributed by atoms with Gasteiger partial charge in [0.15, 0.2) is 11.5 Å². The summed E-state index contributed by atoms with van der Waals surface area (Å²) >= 11 is 6.17. The number of ether oxygens (including phenoxy) is 2. The van der Waals surface area contributed by atoms with Crippen molar-refractivity contribution in [1.29, 1.82) is 0 Å². The van der Waals surface area contributed by atoms with Crippen molar-refractivity contribution in [3.63, 3.8) is 0 Å². The van der Waals surface area contributed by atoms with Crippen molar-refractivity contribution < 1.29 is 14.3 Å². The molecule has 1 aliphatic heterocycles. The Labute approximate surface area is 130 Å². The second kappa shape index (κ2) is 6.54.